The first-order chi connectivity index (χ1) is 11.9. The largest absolute Gasteiger partial charge is 0.366 e. The van der Waals surface area contributed by atoms with Crippen LogP contribution in [0.3, 0.4) is 0 Å². The van der Waals surface area contributed by atoms with Gasteiger partial charge in [-0.2, -0.15) is 5.26 Å². The van der Waals surface area contributed by atoms with Gasteiger partial charge >= 0.3 is 0 Å². The van der Waals surface area contributed by atoms with Crippen LogP contribution in [0.2, 0.25) is 0 Å². The number of alkyl halides is 2. The van der Waals surface area contributed by atoms with E-state index < -0.39 is 29.4 Å². The summed E-state index contributed by atoms with van der Waals surface area (Å²) >= 11 is 0. The maximum atomic E-state index is 13.6. The Kier molecular flexibility index (Phi) is 4.60. The van der Waals surface area contributed by atoms with Crippen molar-refractivity contribution in [2.24, 2.45) is 5.92 Å². The zero-order valence-electron chi connectivity index (χ0n) is 13.8. The number of hydrogen-bond acceptors (Lipinski definition) is 4. The predicted octanol–water partition coefficient (Wildman–Crippen LogP) is 1.97. The second kappa shape index (κ2) is 6.56. The molecule has 0 aromatic carbocycles. The minimum atomic E-state index is -2.93. The number of likely N-dealkylation sites (tertiary alicyclic amines) is 1. The van der Waals surface area contributed by atoms with E-state index in [4.69, 9.17) is 10.00 Å². The van der Waals surface area contributed by atoms with E-state index in [0.717, 1.165) is 0 Å². The lowest BCUT2D eigenvalue weighted by Gasteiger charge is -2.34. The van der Waals surface area contributed by atoms with E-state index in [0.29, 0.717) is 12.8 Å². The van der Waals surface area contributed by atoms with Gasteiger partial charge in [0.25, 0.3) is 12.3 Å². The molecule has 134 valence electrons. The molecule has 0 spiro atoms. The first-order valence-corrected chi connectivity index (χ1v) is 8.25. The van der Waals surface area contributed by atoms with E-state index in [1.54, 1.807) is 6.07 Å². The number of nitriles is 1. The summed E-state index contributed by atoms with van der Waals surface area (Å²) in [5, 5.41) is 9.03. The summed E-state index contributed by atoms with van der Waals surface area (Å²) in [4.78, 5) is 29.4. The van der Waals surface area contributed by atoms with Crippen LogP contribution in [0.15, 0.2) is 17.2 Å². The van der Waals surface area contributed by atoms with Crippen molar-refractivity contribution < 1.29 is 18.3 Å². The van der Waals surface area contributed by atoms with E-state index in [2.05, 4.69) is 4.98 Å². The average Bonchev–Trinajstić information content (AvgIpc) is 3.22. The van der Waals surface area contributed by atoms with E-state index in [-0.39, 0.29) is 36.6 Å². The molecule has 25 heavy (non-hydrogen) atoms. The molecule has 2 saturated heterocycles. The summed E-state index contributed by atoms with van der Waals surface area (Å²) in [7, 11) is 0. The van der Waals surface area contributed by atoms with Gasteiger partial charge in [-0.3, -0.25) is 9.59 Å². The molecule has 0 bridgehead atoms. The quantitative estimate of drug-likeness (QED) is 0.902. The molecule has 3 heterocycles. The third-order valence-corrected chi connectivity index (χ3v) is 4.99. The fraction of sp³-hybridized carbons (Fsp3) is 0.588. The highest BCUT2D eigenvalue weighted by molar-refractivity contribution is 5.87. The molecule has 0 radical (unpaired) electrons. The number of aromatic amines is 1. The number of rotatable bonds is 3. The first kappa shape index (κ1) is 17.5. The molecule has 1 unspecified atom stereocenters. The molecule has 0 aliphatic carbocycles. The third kappa shape index (κ3) is 2.82. The first-order valence-electron chi connectivity index (χ1n) is 8.25. The highest BCUT2D eigenvalue weighted by Gasteiger charge is 2.55. The molecular weight excluding hydrogens is 332 g/mol. The lowest BCUT2D eigenvalue weighted by molar-refractivity contribution is -0.173. The van der Waals surface area contributed by atoms with Gasteiger partial charge in [-0.05, 0) is 25.2 Å². The van der Waals surface area contributed by atoms with Gasteiger partial charge in [0, 0.05) is 31.1 Å². The molecule has 3 atom stereocenters. The highest BCUT2D eigenvalue weighted by Crippen LogP contribution is 2.40. The normalized spacial score (nSPS) is 29.2. The summed E-state index contributed by atoms with van der Waals surface area (Å²) in [6.45, 7) is 2.29. The zero-order chi connectivity index (χ0) is 18.2. The van der Waals surface area contributed by atoms with Gasteiger partial charge in [-0.25, -0.2) is 8.78 Å². The number of carbonyl (C=O) groups is 1. The van der Waals surface area contributed by atoms with Crippen molar-refractivity contribution in [3.05, 3.63) is 33.7 Å². The highest BCUT2D eigenvalue weighted by atomic mass is 19.3. The van der Waals surface area contributed by atoms with Crippen LogP contribution in [-0.2, 0) is 9.53 Å². The molecule has 1 aromatic rings. The number of aromatic nitrogens is 1. The van der Waals surface area contributed by atoms with E-state index in [9.17, 15) is 18.4 Å². The van der Waals surface area contributed by atoms with Gasteiger partial charge in [-0.1, -0.05) is 6.92 Å². The molecule has 2 aliphatic rings. The Bertz CT molecular complexity index is 765. The Balaban J connectivity index is 1.99. The minimum Gasteiger partial charge on any atom is -0.366 e. The molecule has 1 N–H and O–H groups in total. The van der Waals surface area contributed by atoms with Gasteiger partial charge in [0.2, 0.25) is 11.0 Å². The topological polar surface area (TPSA) is 86.2 Å². The molecule has 1 amide bonds. The van der Waals surface area contributed by atoms with Crippen LogP contribution in [0.4, 0.5) is 8.78 Å². The summed E-state index contributed by atoms with van der Waals surface area (Å²) in [6, 6.07) is 1.16. The summed E-state index contributed by atoms with van der Waals surface area (Å²) in [5.74, 6) is -0.716. The SMILES string of the molecule is C[C@@H]1C[C@@H](c2c[nH]cc(C#N)c2=O)N(C(=O)C2(C(F)F)CCCO2)C1. The number of ether oxygens (including phenoxy) is 1. The lowest BCUT2D eigenvalue weighted by Crippen LogP contribution is -2.53. The maximum Gasteiger partial charge on any atom is 0.276 e. The number of pyridine rings is 1. The van der Waals surface area contributed by atoms with Crippen molar-refractivity contribution in [1.82, 2.24) is 9.88 Å². The van der Waals surface area contributed by atoms with Crippen LogP contribution in [0.25, 0.3) is 0 Å². The number of nitrogens with one attached hydrogen (secondary N) is 1. The van der Waals surface area contributed by atoms with Crippen molar-refractivity contribution in [2.75, 3.05) is 13.2 Å². The number of hydrogen-bond donors (Lipinski definition) is 1. The maximum absolute atomic E-state index is 13.6. The zero-order valence-corrected chi connectivity index (χ0v) is 13.8. The monoisotopic (exact) mass is 351 g/mol. The molecule has 2 fully saturated rings. The summed E-state index contributed by atoms with van der Waals surface area (Å²) in [6.07, 6.45) is 0.643. The smallest absolute Gasteiger partial charge is 0.276 e. The Hall–Kier alpha value is -2.27. The molecule has 1 aromatic heterocycles. The Morgan fingerprint density at radius 2 is 2.28 bits per heavy atom. The second-order valence-electron chi connectivity index (χ2n) is 6.72. The van der Waals surface area contributed by atoms with Crippen LogP contribution in [0, 0.1) is 17.2 Å². The molecule has 3 rings (SSSR count). The summed E-state index contributed by atoms with van der Waals surface area (Å²) < 4.78 is 32.5. The van der Waals surface area contributed by atoms with Crippen LogP contribution >= 0.6 is 0 Å². The Labute approximate surface area is 143 Å². The number of carbonyl (C=O) groups excluding carboxylic acids is 1. The van der Waals surface area contributed by atoms with E-state index in [1.165, 1.54) is 17.3 Å². The fourth-order valence-corrected chi connectivity index (χ4v) is 3.74. The van der Waals surface area contributed by atoms with Crippen molar-refractivity contribution in [1.29, 1.82) is 5.26 Å². The van der Waals surface area contributed by atoms with Crippen LogP contribution in [0.5, 0.6) is 0 Å². The number of H-pyrrole nitrogens is 1. The van der Waals surface area contributed by atoms with Crippen LogP contribution < -0.4 is 5.43 Å². The lowest BCUT2D eigenvalue weighted by atomic mass is 9.96. The van der Waals surface area contributed by atoms with Crippen molar-refractivity contribution >= 4 is 5.91 Å². The van der Waals surface area contributed by atoms with E-state index >= 15 is 0 Å². The fourth-order valence-electron chi connectivity index (χ4n) is 3.74. The van der Waals surface area contributed by atoms with Crippen molar-refractivity contribution in [3.63, 3.8) is 0 Å². The molecule has 0 saturated carbocycles. The van der Waals surface area contributed by atoms with Gasteiger partial charge in [-0.15, -0.1) is 0 Å². The standard InChI is InChI=1S/C17H19F2N3O3/c1-10-5-13(12-8-21-7-11(6-20)14(12)23)22(9-10)16(24)17(15(18)19)3-2-4-25-17/h7-8,10,13,15H,2-5,9H2,1H3,(H,21,23)/t10-,13+,17?/m1/s1. The van der Waals surface area contributed by atoms with Gasteiger partial charge in [0.1, 0.15) is 11.6 Å². The van der Waals surface area contributed by atoms with Crippen molar-refractivity contribution in [3.8, 4) is 6.07 Å². The van der Waals surface area contributed by atoms with Gasteiger partial charge in [0.15, 0.2) is 0 Å². The van der Waals surface area contributed by atoms with Crippen LogP contribution in [0.1, 0.15) is 43.4 Å². The molecule has 6 nitrogen and oxygen atoms in total. The van der Waals surface area contributed by atoms with E-state index in [1.807, 2.05) is 6.92 Å². The van der Waals surface area contributed by atoms with Crippen LogP contribution in [-0.4, -0.2) is 41.0 Å². The predicted molar refractivity (Wildman–Crippen MR) is 83.9 cm³/mol. The Morgan fingerprint density at radius 3 is 2.88 bits per heavy atom. The number of halogens is 2. The third-order valence-electron chi connectivity index (χ3n) is 4.99. The molecule has 2 aliphatic heterocycles. The second-order valence-corrected chi connectivity index (χ2v) is 6.72. The Morgan fingerprint density at radius 1 is 1.52 bits per heavy atom. The average molecular weight is 351 g/mol. The minimum absolute atomic E-state index is 0.0321. The molecule has 8 heteroatoms. The van der Waals surface area contributed by atoms with Crippen molar-refractivity contribution in [2.45, 2.75) is 44.3 Å². The molecular formula is C17H19F2N3O3. The number of amides is 1. The summed E-state index contributed by atoms with van der Waals surface area (Å²) in [5.41, 5.74) is -2.41. The van der Waals surface area contributed by atoms with Gasteiger partial charge in [0.05, 0.1) is 6.04 Å². The van der Waals surface area contributed by atoms with Gasteiger partial charge < -0.3 is 14.6 Å². The number of nitrogens with zero attached hydrogens (tertiary/aromatic N) is 2.